The lowest BCUT2D eigenvalue weighted by atomic mass is 10.0. The van der Waals surface area contributed by atoms with Gasteiger partial charge in [-0.25, -0.2) is 0 Å². The molecule has 0 saturated carbocycles. The van der Waals surface area contributed by atoms with Gasteiger partial charge in [0.15, 0.2) is 0 Å². The predicted molar refractivity (Wildman–Crippen MR) is 66.2 cm³/mol. The molecule has 3 heteroatoms. The van der Waals surface area contributed by atoms with Crippen LogP contribution in [0, 0.1) is 0 Å². The van der Waals surface area contributed by atoms with Crippen molar-refractivity contribution in [1.29, 1.82) is 0 Å². The minimum absolute atomic E-state index is 0.0808. The van der Waals surface area contributed by atoms with E-state index in [2.05, 4.69) is 29.8 Å². The summed E-state index contributed by atoms with van der Waals surface area (Å²) in [6, 6.07) is 8.18. The summed E-state index contributed by atoms with van der Waals surface area (Å²) in [5.74, 6) is 0. The molecule has 1 atom stereocenters. The minimum Gasteiger partial charge on any atom is -0.396 e. The Morgan fingerprint density at radius 2 is 2.12 bits per heavy atom. The topological polar surface area (TPSA) is 51.2 Å². The summed E-state index contributed by atoms with van der Waals surface area (Å²) >= 11 is 0. The van der Waals surface area contributed by atoms with E-state index in [0.717, 1.165) is 12.1 Å². The predicted octanol–water partition coefficient (Wildman–Crippen LogP) is 2.04. The maximum Gasteiger partial charge on any atom is 0.0483 e. The zero-order chi connectivity index (χ0) is 11.5. The molecule has 0 saturated heterocycles. The zero-order valence-electron chi connectivity index (χ0n) is 9.56. The van der Waals surface area contributed by atoms with Gasteiger partial charge in [0.1, 0.15) is 0 Å². The van der Waals surface area contributed by atoms with E-state index < -0.39 is 0 Å². The van der Waals surface area contributed by atoms with E-state index in [1.807, 2.05) is 12.1 Å². The van der Waals surface area contributed by atoms with Gasteiger partial charge in [-0.3, -0.25) is 0 Å². The van der Waals surface area contributed by atoms with Crippen LogP contribution in [0.4, 0.5) is 0 Å². The summed E-state index contributed by atoms with van der Waals surface area (Å²) in [6.45, 7) is 3.19. The van der Waals surface area contributed by atoms with Crippen molar-refractivity contribution in [2.75, 3.05) is 6.61 Å². The lowest BCUT2D eigenvalue weighted by molar-refractivity contribution is 0.277. The number of nitrogens with two attached hydrogens (primary N) is 1. The Kier molecular flexibility index (Phi) is 3.27. The first-order valence-corrected chi connectivity index (χ1v) is 5.72. The highest BCUT2D eigenvalue weighted by molar-refractivity contribution is 5.84. The summed E-state index contributed by atoms with van der Waals surface area (Å²) in [4.78, 5) is 0. The molecule has 0 aliphatic rings. The Labute approximate surface area is 95.5 Å². The van der Waals surface area contributed by atoms with Crippen LogP contribution < -0.4 is 5.73 Å². The summed E-state index contributed by atoms with van der Waals surface area (Å²) in [5.41, 5.74) is 8.41. The summed E-state index contributed by atoms with van der Waals surface area (Å²) in [7, 11) is 0. The lowest BCUT2D eigenvalue weighted by Gasteiger charge is -2.08. The lowest BCUT2D eigenvalue weighted by Crippen LogP contribution is -2.11. The minimum atomic E-state index is -0.0808. The largest absolute Gasteiger partial charge is 0.396 e. The molecule has 0 spiro atoms. The number of fused-ring (bicyclic) bond motifs is 1. The van der Waals surface area contributed by atoms with Gasteiger partial charge in [0.05, 0.1) is 0 Å². The van der Waals surface area contributed by atoms with Crippen LogP contribution in [0.3, 0.4) is 0 Å². The number of rotatable bonds is 4. The third-order valence-electron chi connectivity index (χ3n) is 3.00. The van der Waals surface area contributed by atoms with Crippen molar-refractivity contribution in [3.05, 3.63) is 36.0 Å². The molecule has 2 aromatic rings. The molecule has 0 aliphatic carbocycles. The van der Waals surface area contributed by atoms with E-state index in [9.17, 15) is 0 Å². The number of nitrogens with zero attached hydrogens (tertiary/aromatic N) is 1. The van der Waals surface area contributed by atoms with Gasteiger partial charge in [0.2, 0.25) is 0 Å². The van der Waals surface area contributed by atoms with E-state index in [0.29, 0.717) is 6.42 Å². The highest BCUT2D eigenvalue weighted by Crippen LogP contribution is 2.26. The average molecular weight is 218 g/mol. The fourth-order valence-corrected chi connectivity index (χ4v) is 2.13. The molecule has 3 N–H and O–H groups in total. The van der Waals surface area contributed by atoms with E-state index in [4.69, 9.17) is 10.8 Å². The Bertz CT molecular complexity index is 476. The maximum atomic E-state index is 8.95. The molecule has 1 heterocycles. The second-order valence-electron chi connectivity index (χ2n) is 4.01. The van der Waals surface area contributed by atoms with Gasteiger partial charge < -0.3 is 15.4 Å². The first kappa shape index (κ1) is 11.2. The molecule has 2 rings (SSSR count). The molecule has 0 amide bonds. The van der Waals surface area contributed by atoms with Gasteiger partial charge >= 0.3 is 0 Å². The summed E-state index contributed by atoms with van der Waals surface area (Å²) < 4.78 is 2.20. The second kappa shape index (κ2) is 4.68. The molecule has 0 aliphatic heterocycles. The van der Waals surface area contributed by atoms with Crippen molar-refractivity contribution in [2.24, 2.45) is 5.73 Å². The van der Waals surface area contributed by atoms with Crippen LogP contribution in [0.2, 0.25) is 0 Å². The average Bonchev–Trinajstić information content (AvgIpc) is 2.68. The fourth-order valence-electron chi connectivity index (χ4n) is 2.13. The first-order chi connectivity index (χ1) is 7.77. The van der Waals surface area contributed by atoms with Crippen LogP contribution >= 0.6 is 0 Å². The highest BCUT2D eigenvalue weighted by Gasteiger charge is 2.12. The molecule has 0 bridgehead atoms. The van der Waals surface area contributed by atoms with Crippen LogP contribution in [-0.2, 0) is 6.54 Å². The standard InChI is InChI=1S/C13H18N2O/c1-2-15-9-11(12(14)7-8-16)10-5-3-4-6-13(10)15/h3-6,9,12,16H,2,7-8,14H2,1H3. The Morgan fingerprint density at radius 1 is 1.38 bits per heavy atom. The molecule has 1 aromatic heterocycles. The number of benzene rings is 1. The number of aryl methyl sites for hydroxylation is 1. The van der Waals surface area contributed by atoms with Crippen LogP contribution in [0.15, 0.2) is 30.5 Å². The van der Waals surface area contributed by atoms with Crippen molar-refractivity contribution in [2.45, 2.75) is 25.9 Å². The fraction of sp³-hybridized carbons (Fsp3) is 0.385. The Morgan fingerprint density at radius 3 is 2.81 bits per heavy atom. The van der Waals surface area contributed by atoms with Gasteiger partial charge in [-0.2, -0.15) is 0 Å². The second-order valence-corrected chi connectivity index (χ2v) is 4.01. The molecule has 1 aromatic carbocycles. The number of aliphatic hydroxyl groups excluding tert-OH is 1. The first-order valence-electron chi connectivity index (χ1n) is 5.72. The number of para-hydroxylation sites is 1. The van der Waals surface area contributed by atoms with Gasteiger partial charge in [-0.15, -0.1) is 0 Å². The number of hydrogen-bond donors (Lipinski definition) is 2. The molecule has 0 radical (unpaired) electrons. The quantitative estimate of drug-likeness (QED) is 0.825. The van der Waals surface area contributed by atoms with Crippen molar-refractivity contribution >= 4 is 10.9 Å². The number of aromatic nitrogens is 1. The van der Waals surface area contributed by atoms with Gasteiger partial charge in [-0.1, -0.05) is 18.2 Å². The molecule has 16 heavy (non-hydrogen) atoms. The van der Waals surface area contributed by atoms with Crippen molar-refractivity contribution in [1.82, 2.24) is 4.57 Å². The van der Waals surface area contributed by atoms with Crippen LogP contribution in [0.1, 0.15) is 24.9 Å². The molecular weight excluding hydrogens is 200 g/mol. The number of aliphatic hydroxyl groups is 1. The Hall–Kier alpha value is -1.32. The highest BCUT2D eigenvalue weighted by atomic mass is 16.3. The molecule has 86 valence electrons. The van der Waals surface area contributed by atoms with Crippen LogP contribution in [0.25, 0.3) is 10.9 Å². The van der Waals surface area contributed by atoms with Gasteiger partial charge in [0.25, 0.3) is 0 Å². The van der Waals surface area contributed by atoms with E-state index in [-0.39, 0.29) is 12.6 Å². The molecule has 0 fully saturated rings. The Balaban J connectivity index is 2.52. The van der Waals surface area contributed by atoms with Crippen LogP contribution in [-0.4, -0.2) is 16.3 Å². The molecular formula is C13H18N2O. The number of hydrogen-bond acceptors (Lipinski definition) is 2. The monoisotopic (exact) mass is 218 g/mol. The SMILES string of the molecule is CCn1cc(C(N)CCO)c2ccccc21. The van der Waals surface area contributed by atoms with Crippen molar-refractivity contribution in [3.63, 3.8) is 0 Å². The van der Waals surface area contributed by atoms with Crippen molar-refractivity contribution < 1.29 is 5.11 Å². The van der Waals surface area contributed by atoms with E-state index >= 15 is 0 Å². The molecule has 3 nitrogen and oxygen atoms in total. The van der Waals surface area contributed by atoms with Gasteiger partial charge in [-0.05, 0) is 25.0 Å². The summed E-state index contributed by atoms with van der Waals surface area (Å²) in [6.07, 6.45) is 2.71. The maximum absolute atomic E-state index is 8.95. The van der Waals surface area contributed by atoms with Crippen molar-refractivity contribution in [3.8, 4) is 0 Å². The smallest absolute Gasteiger partial charge is 0.0483 e. The molecule has 1 unspecified atom stereocenters. The normalized spacial score (nSPS) is 13.2. The zero-order valence-corrected chi connectivity index (χ0v) is 9.56. The van der Waals surface area contributed by atoms with E-state index in [1.165, 1.54) is 10.9 Å². The van der Waals surface area contributed by atoms with Gasteiger partial charge in [0, 0.05) is 36.3 Å². The van der Waals surface area contributed by atoms with Crippen LogP contribution in [0.5, 0.6) is 0 Å². The summed E-state index contributed by atoms with van der Waals surface area (Å²) in [5, 5.41) is 10.1. The third kappa shape index (κ3) is 1.84. The third-order valence-corrected chi connectivity index (χ3v) is 3.00. The van der Waals surface area contributed by atoms with E-state index in [1.54, 1.807) is 0 Å².